The van der Waals surface area contributed by atoms with Gasteiger partial charge in [-0.05, 0) is 79.2 Å². The van der Waals surface area contributed by atoms with E-state index in [1.165, 1.54) is 13.2 Å². The molecule has 1 unspecified atom stereocenters. The minimum atomic E-state index is -4.59. The molecule has 12 heteroatoms. The molecule has 0 aliphatic rings. The molecule has 45 heavy (non-hydrogen) atoms. The molecule has 0 aromatic heterocycles. The highest BCUT2D eigenvalue weighted by Gasteiger charge is 2.31. The molecule has 3 amide bonds. The van der Waals surface area contributed by atoms with Crippen LogP contribution in [0.25, 0.3) is 6.08 Å². The summed E-state index contributed by atoms with van der Waals surface area (Å²) in [5.74, 6) is -1.09. The minimum Gasteiger partial charge on any atom is -0.497 e. The zero-order valence-electron chi connectivity index (χ0n) is 23.9. The predicted octanol–water partition coefficient (Wildman–Crippen LogP) is 7.90. The Morgan fingerprint density at radius 3 is 2.33 bits per heavy atom. The van der Waals surface area contributed by atoms with Crippen molar-refractivity contribution in [1.82, 2.24) is 5.32 Å². The maximum Gasteiger partial charge on any atom is 0.416 e. The normalized spacial score (nSPS) is 12.2. The molecule has 3 N–H and O–H groups in total. The number of nitrogens with one attached hydrogen (secondary N) is 3. The van der Waals surface area contributed by atoms with E-state index in [0.717, 1.165) is 30.0 Å². The van der Waals surface area contributed by atoms with Gasteiger partial charge in [-0.25, -0.2) is 0 Å². The molecule has 0 heterocycles. The van der Waals surface area contributed by atoms with Gasteiger partial charge in [-0.2, -0.15) is 13.2 Å². The first-order chi connectivity index (χ1) is 21.4. The van der Waals surface area contributed by atoms with Crippen molar-refractivity contribution in [2.45, 2.75) is 23.2 Å². The second kappa shape index (κ2) is 14.8. The molecule has 0 aliphatic heterocycles. The third-order valence-corrected chi connectivity index (χ3v) is 7.68. The van der Waals surface area contributed by atoms with Crippen molar-refractivity contribution in [2.24, 2.45) is 0 Å². The lowest BCUT2D eigenvalue weighted by Crippen LogP contribution is -2.30. The van der Waals surface area contributed by atoms with Gasteiger partial charge in [0.15, 0.2) is 0 Å². The predicted molar refractivity (Wildman–Crippen MR) is 170 cm³/mol. The first-order valence-corrected chi connectivity index (χ1v) is 14.7. The van der Waals surface area contributed by atoms with Crippen LogP contribution in [-0.2, 0) is 15.8 Å². The number of halogens is 4. The molecule has 232 valence electrons. The summed E-state index contributed by atoms with van der Waals surface area (Å²) in [4.78, 5) is 39.8. The molecule has 0 bridgehead atoms. The first-order valence-electron chi connectivity index (χ1n) is 13.4. The van der Waals surface area contributed by atoms with Crippen molar-refractivity contribution in [2.75, 3.05) is 17.7 Å². The van der Waals surface area contributed by atoms with Gasteiger partial charge in [0, 0.05) is 16.1 Å². The molecular formula is C33H27ClF3N3O4S. The molecule has 4 aromatic rings. The molecule has 1 atom stereocenters. The fourth-order valence-electron chi connectivity index (χ4n) is 3.98. The Morgan fingerprint density at radius 2 is 1.62 bits per heavy atom. The quantitative estimate of drug-likeness (QED) is 0.119. The Bertz CT molecular complexity index is 1730. The Hall–Kier alpha value is -4.74. The van der Waals surface area contributed by atoms with Crippen molar-refractivity contribution in [3.05, 3.63) is 124 Å². The number of carbonyl (C=O) groups is 3. The van der Waals surface area contributed by atoms with Gasteiger partial charge in [0.1, 0.15) is 11.4 Å². The van der Waals surface area contributed by atoms with E-state index in [9.17, 15) is 27.6 Å². The molecule has 0 fully saturated rings. The lowest BCUT2D eigenvalue weighted by molar-refractivity contribution is -0.137. The molecular weight excluding hydrogens is 627 g/mol. The van der Waals surface area contributed by atoms with Crippen LogP contribution in [0.5, 0.6) is 5.75 Å². The van der Waals surface area contributed by atoms with Gasteiger partial charge in [-0.15, -0.1) is 11.8 Å². The number of thioether (sulfide) groups is 1. The maximum absolute atomic E-state index is 13.4. The summed E-state index contributed by atoms with van der Waals surface area (Å²) in [7, 11) is 1.52. The van der Waals surface area contributed by atoms with E-state index >= 15 is 0 Å². The van der Waals surface area contributed by atoms with Gasteiger partial charge in [-0.3, -0.25) is 14.4 Å². The fourth-order valence-corrected chi connectivity index (χ4v) is 5.07. The van der Waals surface area contributed by atoms with Crippen LogP contribution in [0.15, 0.2) is 108 Å². The van der Waals surface area contributed by atoms with E-state index in [-0.39, 0.29) is 16.4 Å². The molecule has 0 radical (unpaired) electrons. The highest BCUT2D eigenvalue weighted by atomic mass is 35.5. The molecule has 7 nitrogen and oxygen atoms in total. The van der Waals surface area contributed by atoms with Crippen LogP contribution >= 0.6 is 23.4 Å². The van der Waals surface area contributed by atoms with Crippen LogP contribution in [0.4, 0.5) is 24.5 Å². The fraction of sp³-hybridized carbons (Fsp3) is 0.121. The van der Waals surface area contributed by atoms with Gasteiger partial charge in [0.05, 0.1) is 28.6 Å². The van der Waals surface area contributed by atoms with Crippen LogP contribution in [0, 0.1) is 0 Å². The number of amides is 3. The molecule has 0 saturated heterocycles. The highest BCUT2D eigenvalue weighted by molar-refractivity contribution is 8.00. The summed E-state index contributed by atoms with van der Waals surface area (Å²) >= 11 is 7.14. The SMILES string of the molecule is COc1cccc(/C=C(\NC(=O)c2ccccc2)C(=O)Nc2cccc(SC(C)C(=O)Nc3cc(C(F)(F)F)ccc3Cl)c2)c1. The molecule has 0 saturated carbocycles. The first kappa shape index (κ1) is 33.2. The average Bonchev–Trinajstić information content (AvgIpc) is 3.01. The number of hydrogen-bond acceptors (Lipinski definition) is 5. The van der Waals surface area contributed by atoms with Crippen molar-refractivity contribution >= 4 is 58.5 Å². The van der Waals surface area contributed by atoms with Crippen molar-refractivity contribution in [3.63, 3.8) is 0 Å². The van der Waals surface area contributed by atoms with Crippen molar-refractivity contribution in [3.8, 4) is 5.75 Å². The van der Waals surface area contributed by atoms with Gasteiger partial charge in [0.2, 0.25) is 5.91 Å². The van der Waals surface area contributed by atoms with Crippen LogP contribution in [0.3, 0.4) is 0 Å². The minimum absolute atomic E-state index is 0.0270. The maximum atomic E-state index is 13.4. The second-order valence-corrected chi connectivity index (χ2v) is 11.4. The smallest absolute Gasteiger partial charge is 0.416 e. The Labute approximate surface area is 266 Å². The van der Waals surface area contributed by atoms with Crippen molar-refractivity contribution in [1.29, 1.82) is 0 Å². The van der Waals surface area contributed by atoms with E-state index in [4.69, 9.17) is 16.3 Å². The number of methoxy groups -OCH3 is 1. The number of alkyl halides is 3. The lowest BCUT2D eigenvalue weighted by atomic mass is 10.1. The largest absolute Gasteiger partial charge is 0.497 e. The summed E-state index contributed by atoms with van der Waals surface area (Å²) < 4.78 is 44.6. The summed E-state index contributed by atoms with van der Waals surface area (Å²) in [6, 6.07) is 24.7. The third-order valence-electron chi connectivity index (χ3n) is 6.26. The number of carbonyl (C=O) groups excluding carboxylic acids is 3. The average molecular weight is 654 g/mol. The van der Waals surface area contributed by atoms with E-state index in [1.54, 1.807) is 85.8 Å². The van der Waals surface area contributed by atoms with Crippen LogP contribution in [0.1, 0.15) is 28.4 Å². The van der Waals surface area contributed by atoms with E-state index < -0.39 is 34.7 Å². The van der Waals surface area contributed by atoms with Crippen molar-refractivity contribution < 1.29 is 32.3 Å². The summed E-state index contributed by atoms with van der Waals surface area (Å²) in [5.41, 5.74) is 0.227. The summed E-state index contributed by atoms with van der Waals surface area (Å²) in [5, 5.41) is 7.12. The summed E-state index contributed by atoms with van der Waals surface area (Å²) in [6.45, 7) is 1.58. The lowest BCUT2D eigenvalue weighted by Gasteiger charge is -2.15. The topological polar surface area (TPSA) is 96.5 Å². The molecule has 0 spiro atoms. The highest BCUT2D eigenvalue weighted by Crippen LogP contribution is 2.34. The number of rotatable bonds is 10. The molecule has 0 aliphatic carbocycles. The van der Waals surface area contributed by atoms with E-state index in [1.807, 2.05) is 0 Å². The number of hydrogen-bond donors (Lipinski definition) is 3. The number of ether oxygens (including phenoxy) is 1. The van der Waals surface area contributed by atoms with Gasteiger partial charge < -0.3 is 20.7 Å². The second-order valence-electron chi connectivity index (χ2n) is 9.58. The Kier molecular flexibility index (Phi) is 10.9. The standard InChI is InChI=1S/C33H27ClF3N3O4S/c1-20(30(41)39-28-18-23(33(35,36)37)14-15-27(28)34)45-26-13-7-11-24(19-26)38-32(43)29(17-21-8-6-12-25(16-21)44-2)40-31(42)22-9-4-3-5-10-22/h3-20H,1-2H3,(H,38,43)(H,39,41)(H,40,42)/b29-17-. The Morgan fingerprint density at radius 1 is 0.889 bits per heavy atom. The third kappa shape index (κ3) is 9.37. The molecule has 4 aromatic carbocycles. The van der Waals surface area contributed by atoms with Gasteiger partial charge in [-0.1, -0.05) is 48.0 Å². The van der Waals surface area contributed by atoms with Crippen LogP contribution in [-0.4, -0.2) is 30.1 Å². The van der Waals surface area contributed by atoms with E-state index in [2.05, 4.69) is 16.0 Å². The zero-order valence-corrected chi connectivity index (χ0v) is 25.5. The summed E-state index contributed by atoms with van der Waals surface area (Å²) in [6.07, 6.45) is -3.08. The van der Waals surface area contributed by atoms with Crippen LogP contribution in [0.2, 0.25) is 5.02 Å². The Balaban J connectivity index is 1.49. The van der Waals surface area contributed by atoms with Gasteiger partial charge >= 0.3 is 6.18 Å². The number of benzene rings is 4. The van der Waals surface area contributed by atoms with E-state index in [0.29, 0.717) is 27.5 Å². The van der Waals surface area contributed by atoms with Crippen LogP contribution < -0.4 is 20.7 Å². The number of anilines is 2. The molecule has 4 rings (SSSR count). The monoisotopic (exact) mass is 653 g/mol. The van der Waals surface area contributed by atoms with Gasteiger partial charge in [0.25, 0.3) is 11.8 Å². The zero-order chi connectivity index (χ0) is 32.6.